The number of anilines is 1. The molecule has 140 valence electrons. The predicted octanol–water partition coefficient (Wildman–Crippen LogP) is 2.43. The first-order valence-corrected chi connectivity index (χ1v) is 8.62. The van der Waals surface area contributed by atoms with Gasteiger partial charge in [0.05, 0.1) is 4.92 Å². The molecule has 0 saturated carbocycles. The smallest absolute Gasteiger partial charge is 0.293 e. The SMILES string of the molecule is NC(=O)c1ccc(NCc2ccc(CN3CCCC3=O)cc2)c([N+](=O)[O-])c1. The first-order chi connectivity index (χ1) is 12.9. The maximum atomic E-state index is 11.7. The fourth-order valence-electron chi connectivity index (χ4n) is 3.04. The van der Waals surface area contributed by atoms with E-state index in [4.69, 9.17) is 5.73 Å². The van der Waals surface area contributed by atoms with Gasteiger partial charge in [-0.1, -0.05) is 24.3 Å². The molecular formula is C19H20N4O4. The van der Waals surface area contributed by atoms with Gasteiger partial charge in [0, 0.05) is 37.7 Å². The zero-order chi connectivity index (χ0) is 19.4. The molecule has 0 aliphatic carbocycles. The summed E-state index contributed by atoms with van der Waals surface area (Å²) in [5.74, 6) is -0.524. The number of hydrogen-bond donors (Lipinski definition) is 2. The van der Waals surface area contributed by atoms with Crippen LogP contribution in [0.2, 0.25) is 0 Å². The Labute approximate surface area is 156 Å². The lowest BCUT2D eigenvalue weighted by Crippen LogP contribution is -2.23. The van der Waals surface area contributed by atoms with E-state index >= 15 is 0 Å². The van der Waals surface area contributed by atoms with Crippen molar-refractivity contribution < 1.29 is 14.5 Å². The molecule has 1 saturated heterocycles. The van der Waals surface area contributed by atoms with Crippen molar-refractivity contribution in [3.63, 3.8) is 0 Å². The Kier molecular flexibility index (Phi) is 5.35. The molecule has 1 fully saturated rings. The third-order valence-corrected chi connectivity index (χ3v) is 4.53. The minimum Gasteiger partial charge on any atom is -0.375 e. The maximum absolute atomic E-state index is 11.7. The molecule has 2 aromatic carbocycles. The summed E-state index contributed by atoms with van der Waals surface area (Å²) >= 11 is 0. The number of hydrogen-bond acceptors (Lipinski definition) is 5. The average molecular weight is 368 g/mol. The van der Waals surface area contributed by atoms with Crippen LogP contribution < -0.4 is 11.1 Å². The summed E-state index contributed by atoms with van der Waals surface area (Å²) in [5, 5.41) is 14.2. The molecule has 3 N–H and O–H groups in total. The summed E-state index contributed by atoms with van der Waals surface area (Å²) < 4.78 is 0. The van der Waals surface area contributed by atoms with Crippen LogP contribution in [0.25, 0.3) is 0 Å². The van der Waals surface area contributed by atoms with Gasteiger partial charge in [0.15, 0.2) is 0 Å². The van der Waals surface area contributed by atoms with Crippen molar-refractivity contribution in [2.45, 2.75) is 25.9 Å². The number of nitrogens with zero attached hydrogens (tertiary/aromatic N) is 2. The number of benzene rings is 2. The minimum absolute atomic E-state index is 0.0908. The lowest BCUT2D eigenvalue weighted by Gasteiger charge is -2.15. The lowest BCUT2D eigenvalue weighted by atomic mass is 10.1. The fourth-order valence-corrected chi connectivity index (χ4v) is 3.04. The molecule has 3 rings (SSSR count). The second-order valence-corrected chi connectivity index (χ2v) is 6.44. The van der Waals surface area contributed by atoms with Crippen molar-refractivity contribution in [2.75, 3.05) is 11.9 Å². The quantitative estimate of drug-likeness (QED) is 0.575. The van der Waals surface area contributed by atoms with Crippen molar-refractivity contribution in [2.24, 2.45) is 5.73 Å². The Bertz CT molecular complexity index is 880. The standard InChI is InChI=1S/C19H20N4O4/c20-19(25)15-7-8-16(17(10-15)23(26)27)21-11-13-3-5-14(6-4-13)12-22-9-1-2-18(22)24/h3-8,10,21H,1-2,9,11-12H2,(H2,20,25). The van der Waals surface area contributed by atoms with Crippen LogP contribution in [0.5, 0.6) is 0 Å². The third kappa shape index (κ3) is 4.41. The van der Waals surface area contributed by atoms with Crippen molar-refractivity contribution in [3.8, 4) is 0 Å². The molecule has 8 nitrogen and oxygen atoms in total. The highest BCUT2D eigenvalue weighted by atomic mass is 16.6. The normalized spacial score (nSPS) is 13.6. The minimum atomic E-state index is -0.711. The summed E-state index contributed by atoms with van der Waals surface area (Å²) in [5.41, 5.74) is 7.37. The van der Waals surface area contributed by atoms with E-state index in [2.05, 4.69) is 5.32 Å². The van der Waals surface area contributed by atoms with E-state index in [-0.39, 0.29) is 17.2 Å². The van der Waals surface area contributed by atoms with Crippen LogP contribution in [-0.2, 0) is 17.9 Å². The Morgan fingerprint density at radius 3 is 2.48 bits per heavy atom. The molecule has 0 spiro atoms. The first kappa shape index (κ1) is 18.4. The van der Waals surface area contributed by atoms with Crippen molar-refractivity contribution >= 4 is 23.2 Å². The number of rotatable bonds is 7. The number of nitrogens with two attached hydrogens (primary N) is 1. The van der Waals surface area contributed by atoms with E-state index in [9.17, 15) is 19.7 Å². The highest BCUT2D eigenvalue weighted by Crippen LogP contribution is 2.26. The number of primary amides is 1. The fraction of sp³-hybridized carbons (Fsp3) is 0.263. The van der Waals surface area contributed by atoms with Gasteiger partial charge in [-0.25, -0.2) is 0 Å². The van der Waals surface area contributed by atoms with Gasteiger partial charge in [0.25, 0.3) is 5.69 Å². The number of likely N-dealkylation sites (tertiary alicyclic amines) is 1. The largest absolute Gasteiger partial charge is 0.375 e. The van der Waals surface area contributed by atoms with Crippen molar-refractivity contribution in [3.05, 3.63) is 69.3 Å². The van der Waals surface area contributed by atoms with Crippen LogP contribution in [0.4, 0.5) is 11.4 Å². The molecule has 0 atom stereocenters. The van der Waals surface area contributed by atoms with Crippen molar-refractivity contribution in [1.82, 2.24) is 4.90 Å². The van der Waals surface area contributed by atoms with E-state index in [0.29, 0.717) is 25.2 Å². The van der Waals surface area contributed by atoms with Gasteiger partial charge in [0.2, 0.25) is 11.8 Å². The number of nitro benzene ring substituents is 1. The molecule has 2 aromatic rings. The Hall–Kier alpha value is -3.42. The summed E-state index contributed by atoms with van der Waals surface area (Å²) in [7, 11) is 0. The molecule has 0 bridgehead atoms. The Morgan fingerprint density at radius 2 is 1.89 bits per heavy atom. The molecular weight excluding hydrogens is 348 g/mol. The molecule has 8 heteroatoms. The maximum Gasteiger partial charge on any atom is 0.293 e. The number of carbonyl (C=O) groups excluding carboxylic acids is 2. The molecule has 1 heterocycles. The molecule has 0 aromatic heterocycles. The Balaban J connectivity index is 1.65. The lowest BCUT2D eigenvalue weighted by molar-refractivity contribution is -0.384. The van der Waals surface area contributed by atoms with Gasteiger partial charge in [-0.05, 0) is 29.7 Å². The Morgan fingerprint density at radius 1 is 1.19 bits per heavy atom. The van der Waals surface area contributed by atoms with Gasteiger partial charge < -0.3 is 16.0 Å². The predicted molar refractivity (Wildman–Crippen MR) is 100 cm³/mol. The van der Waals surface area contributed by atoms with Crippen LogP contribution in [0, 0.1) is 10.1 Å². The third-order valence-electron chi connectivity index (χ3n) is 4.53. The number of amides is 2. The van der Waals surface area contributed by atoms with Crippen LogP contribution in [0.15, 0.2) is 42.5 Å². The second kappa shape index (κ2) is 7.86. The van der Waals surface area contributed by atoms with Gasteiger partial charge in [-0.2, -0.15) is 0 Å². The summed E-state index contributed by atoms with van der Waals surface area (Å²) in [6, 6.07) is 11.8. The van der Waals surface area contributed by atoms with Gasteiger partial charge in [-0.15, -0.1) is 0 Å². The molecule has 1 aliphatic rings. The van der Waals surface area contributed by atoms with E-state index in [1.165, 1.54) is 18.2 Å². The topological polar surface area (TPSA) is 119 Å². The van der Waals surface area contributed by atoms with Crippen LogP contribution in [-0.4, -0.2) is 28.2 Å². The van der Waals surface area contributed by atoms with Gasteiger partial charge in [-0.3, -0.25) is 19.7 Å². The van der Waals surface area contributed by atoms with E-state index in [1.54, 1.807) is 0 Å². The zero-order valence-corrected chi connectivity index (χ0v) is 14.7. The zero-order valence-electron chi connectivity index (χ0n) is 14.7. The van der Waals surface area contributed by atoms with Crippen LogP contribution in [0.3, 0.4) is 0 Å². The highest BCUT2D eigenvalue weighted by molar-refractivity contribution is 5.94. The first-order valence-electron chi connectivity index (χ1n) is 8.62. The number of carbonyl (C=O) groups is 2. The molecule has 2 amide bonds. The van der Waals surface area contributed by atoms with E-state index in [1.807, 2.05) is 29.2 Å². The summed E-state index contributed by atoms with van der Waals surface area (Å²) in [6.45, 7) is 1.79. The van der Waals surface area contributed by atoms with Crippen LogP contribution in [0.1, 0.15) is 34.3 Å². The van der Waals surface area contributed by atoms with Gasteiger partial charge >= 0.3 is 0 Å². The van der Waals surface area contributed by atoms with Crippen molar-refractivity contribution in [1.29, 1.82) is 0 Å². The van der Waals surface area contributed by atoms with E-state index < -0.39 is 10.8 Å². The van der Waals surface area contributed by atoms with Crippen LogP contribution >= 0.6 is 0 Å². The average Bonchev–Trinajstić information content (AvgIpc) is 3.05. The summed E-state index contributed by atoms with van der Waals surface area (Å²) in [6.07, 6.45) is 1.53. The second-order valence-electron chi connectivity index (χ2n) is 6.44. The highest BCUT2D eigenvalue weighted by Gasteiger charge is 2.20. The molecule has 1 aliphatic heterocycles. The number of nitro groups is 1. The summed E-state index contributed by atoms with van der Waals surface area (Å²) in [4.78, 5) is 35.4. The molecule has 0 unspecified atom stereocenters. The molecule has 0 radical (unpaired) electrons. The van der Waals surface area contributed by atoms with E-state index in [0.717, 1.165) is 24.1 Å². The molecule has 27 heavy (non-hydrogen) atoms. The number of nitrogens with one attached hydrogen (secondary N) is 1. The van der Waals surface area contributed by atoms with Gasteiger partial charge in [0.1, 0.15) is 5.69 Å². The monoisotopic (exact) mass is 368 g/mol.